The molecule has 12 N–H and O–H groups in total. The summed E-state index contributed by atoms with van der Waals surface area (Å²) < 4.78 is 62.6. The van der Waals surface area contributed by atoms with Gasteiger partial charge in [0.05, 0.1) is 43.8 Å². The molecule has 0 saturated carbocycles. The number of aromatic carboxylic acids is 2. The maximum Gasteiger partial charge on any atom is 2.00 e. The minimum absolute atomic E-state index is 0. The van der Waals surface area contributed by atoms with Crippen LogP contribution in [0.1, 0.15) is 20.7 Å². The van der Waals surface area contributed by atoms with Gasteiger partial charge >= 0.3 is 34.1 Å². The molecular formula is C48H44Mn2N6O14S2+4. The van der Waals surface area contributed by atoms with E-state index in [2.05, 4.69) is 78.4 Å². The Labute approximate surface area is 432 Å². The van der Waals surface area contributed by atoms with Crippen molar-refractivity contribution >= 4 is 75.8 Å². The average Bonchev–Trinajstić information content (AvgIpc) is 3.35. The number of benzene rings is 4. The zero-order valence-electron chi connectivity index (χ0n) is 37.1. The van der Waals surface area contributed by atoms with Gasteiger partial charge in [0.1, 0.15) is 20.2 Å². The van der Waals surface area contributed by atoms with Crippen molar-refractivity contribution in [3.05, 3.63) is 206 Å². The molecular weight excluding hydrogens is 1060 g/mol. The Morgan fingerprint density at radius 3 is 0.861 bits per heavy atom. The van der Waals surface area contributed by atoms with E-state index < -0.39 is 42.0 Å². The van der Waals surface area contributed by atoms with Gasteiger partial charge in [0.2, 0.25) is 0 Å². The Balaban J connectivity index is 0.000000858. The smallest absolute Gasteiger partial charge is 0.744 e. The van der Waals surface area contributed by atoms with Crippen LogP contribution < -0.4 is 10.2 Å². The summed E-state index contributed by atoms with van der Waals surface area (Å²) in [5.41, 5.74) is 5.58. The van der Waals surface area contributed by atoms with Crippen molar-refractivity contribution < 1.29 is 102 Å². The van der Waals surface area contributed by atoms with Crippen LogP contribution in [0.25, 0.3) is 54.7 Å². The summed E-state index contributed by atoms with van der Waals surface area (Å²) in [6.07, 6.45) is 14.4. The fourth-order valence-electron chi connectivity index (χ4n) is 6.01. The summed E-state index contributed by atoms with van der Waals surface area (Å²) in [7, 11) is -9.20. The molecule has 10 aromatic rings. The first-order valence-corrected chi connectivity index (χ1v) is 22.0. The largest absolute Gasteiger partial charge is 2.00 e. The van der Waals surface area contributed by atoms with Crippen LogP contribution in [0.3, 0.4) is 0 Å². The van der Waals surface area contributed by atoms with Gasteiger partial charge in [-0.1, -0.05) is 72.8 Å². The molecule has 6 aromatic heterocycles. The third-order valence-electron chi connectivity index (χ3n) is 9.10. The quantitative estimate of drug-likeness (QED) is 0.103. The SMILES string of the molecule is O=C([O-])c1cccc(S(=O)(=O)[O-])c1.O=C([O-])c1cccc(S(=O)(=O)[O-])c1.[Mn+2].[Mn+2].[OH3+].[OH3+].[OH3+].[OH3+].c1cc(-c2ccncc2)ccn1.c1cnc2c(c1)ccc1cccnc12.c1cnc2c(c1)ccc1cccnc12. The molecule has 2 radical (unpaired) electrons. The molecule has 0 aliphatic carbocycles. The summed E-state index contributed by atoms with van der Waals surface area (Å²) in [4.78, 5) is 44.7. The van der Waals surface area contributed by atoms with Gasteiger partial charge < -0.3 is 50.8 Å². The summed E-state index contributed by atoms with van der Waals surface area (Å²) in [6, 6.07) is 40.4. The average molecular weight is 1100 g/mol. The molecule has 20 nitrogen and oxygen atoms in total. The van der Waals surface area contributed by atoms with E-state index in [1.165, 1.54) is 11.1 Å². The van der Waals surface area contributed by atoms with Gasteiger partial charge in [0.15, 0.2) is 0 Å². The fourth-order valence-corrected chi connectivity index (χ4v) is 7.04. The van der Waals surface area contributed by atoms with Crippen molar-refractivity contribution in [2.45, 2.75) is 9.79 Å². The molecule has 0 unspecified atom stereocenters. The monoisotopic (exact) mass is 1100 g/mol. The van der Waals surface area contributed by atoms with Gasteiger partial charge in [-0.25, -0.2) is 16.8 Å². The van der Waals surface area contributed by atoms with E-state index in [4.69, 9.17) is 0 Å². The number of rotatable bonds is 5. The second-order valence-corrected chi connectivity index (χ2v) is 16.2. The topological polar surface area (TPSA) is 404 Å². The van der Waals surface area contributed by atoms with E-state index in [1.807, 2.05) is 48.5 Å². The van der Waals surface area contributed by atoms with E-state index in [0.29, 0.717) is 0 Å². The minimum Gasteiger partial charge on any atom is -0.744 e. The Kier molecular flexibility index (Phi) is 27.1. The van der Waals surface area contributed by atoms with Crippen LogP contribution in [0, 0.1) is 0 Å². The number of hydrogen-bond donors (Lipinski definition) is 0. The van der Waals surface area contributed by atoms with Crippen LogP contribution in [0.4, 0.5) is 0 Å². The maximum absolute atomic E-state index is 10.4. The number of aromatic nitrogens is 6. The number of carbonyl (C=O) groups excluding carboxylic acids is 2. The number of pyridine rings is 6. The normalized spacial score (nSPS) is 9.86. The van der Waals surface area contributed by atoms with E-state index in [0.717, 1.165) is 92.1 Å². The predicted octanol–water partition coefficient (Wildman–Crippen LogP) is 1.93. The van der Waals surface area contributed by atoms with Crippen LogP contribution in [0.5, 0.6) is 0 Å². The molecule has 0 bridgehead atoms. The van der Waals surface area contributed by atoms with Gasteiger partial charge in [-0.05, 0) is 95.1 Å². The Hall–Kier alpha value is -7.54. The molecule has 0 aliphatic rings. The first kappa shape index (κ1) is 64.5. The molecule has 4 aromatic carbocycles. The van der Waals surface area contributed by atoms with E-state index in [9.17, 15) is 45.7 Å². The predicted molar refractivity (Wildman–Crippen MR) is 259 cm³/mol. The third-order valence-corrected chi connectivity index (χ3v) is 10.8. The van der Waals surface area contributed by atoms with Gasteiger partial charge in [0, 0.05) is 71.1 Å². The second kappa shape index (κ2) is 30.3. The number of hydrogen-bond acceptors (Lipinski definition) is 16. The van der Waals surface area contributed by atoms with Crippen LogP contribution in [-0.2, 0) is 76.3 Å². The molecule has 0 fully saturated rings. The van der Waals surface area contributed by atoms with Crippen molar-refractivity contribution in [2.24, 2.45) is 0 Å². The standard InChI is InChI=1S/2C12H8N2.C10H8N2.2C7H6O5S.2Mn.4H2O/c2*1-3-9-5-6-10-4-2-8-14-12(10)11(9)13-7-1;1-5-11-6-2-9(1)10-3-7-12-8-4-10;2*8-7(9)5-2-1-3-6(4-5)13(10,11)12;;;;;;/h2*1-8H;1-8H;2*1-4H,(H,8,9)(H,10,11,12);;;4*1H2/q;;;;;2*+2;;;;. The van der Waals surface area contributed by atoms with Crippen molar-refractivity contribution in [3.63, 3.8) is 0 Å². The fraction of sp³-hybridized carbons (Fsp3) is 0. The molecule has 6 heterocycles. The van der Waals surface area contributed by atoms with Gasteiger partial charge in [-0.2, -0.15) is 0 Å². The Morgan fingerprint density at radius 2 is 0.625 bits per heavy atom. The van der Waals surface area contributed by atoms with E-state index in [-0.39, 0.29) is 67.2 Å². The summed E-state index contributed by atoms with van der Waals surface area (Å²) in [5, 5.41) is 25.1. The number of nitrogens with zero attached hydrogens (tertiary/aromatic N) is 6. The van der Waals surface area contributed by atoms with Crippen molar-refractivity contribution in [2.75, 3.05) is 0 Å². The van der Waals surface area contributed by atoms with Crippen LogP contribution >= 0.6 is 0 Å². The molecule has 0 amide bonds. The zero-order chi connectivity index (χ0) is 47.1. The van der Waals surface area contributed by atoms with Gasteiger partial charge in [-0.3, -0.25) is 29.9 Å². The Morgan fingerprint density at radius 1 is 0.361 bits per heavy atom. The van der Waals surface area contributed by atoms with E-state index in [1.54, 1.807) is 49.6 Å². The molecule has 0 atom stereocenters. The minimum atomic E-state index is -4.60. The molecule has 72 heavy (non-hydrogen) atoms. The van der Waals surface area contributed by atoms with Crippen LogP contribution in [0.2, 0.25) is 0 Å². The molecule has 0 saturated heterocycles. The van der Waals surface area contributed by atoms with Crippen molar-refractivity contribution in [1.82, 2.24) is 29.9 Å². The summed E-state index contributed by atoms with van der Waals surface area (Å²) in [6.45, 7) is 0. The zero-order valence-corrected chi connectivity index (χ0v) is 41.1. The van der Waals surface area contributed by atoms with Crippen molar-refractivity contribution in [3.8, 4) is 11.1 Å². The van der Waals surface area contributed by atoms with E-state index >= 15 is 0 Å². The number of carboxylic acids is 2. The van der Waals surface area contributed by atoms with Crippen LogP contribution in [0.15, 0.2) is 205 Å². The Bertz CT molecular complexity index is 3190. The number of carboxylic acid groups (broad SMARTS) is 2. The first-order valence-electron chi connectivity index (χ1n) is 19.2. The first-order chi connectivity index (χ1) is 31.7. The van der Waals surface area contributed by atoms with Crippen LogP contribution in [-0.4, -0.2) is 67.8 Å². The number of carbonyl (C=O) groups is 2. The maximum atomic E-state index is 10.4. The molecule has 372 valence electrons. The van der Waals surface area contributed by atoms with Crippen molar-refractivity contribution in [1.29, 1.82) is 0 Å². The number of fused-ring (bicyclic) bond motifs is 6. The van der Waals surface area contributed by atoms with Gasteiger partial charge in [0.25, 0.3) is 0 Å². The molecule has 10 rings (SSSR count). The summed E-state index contributed by atoms with van der Waals surface area (Å²) >= 11 is 0. The molecule has 0 spiro atoms. The second-order valence-electron chi connectivity index (χ2n) is 13.4. The molecule has 0 aliphatic heterocycles. The summed E-state index contributed by atoms with van der Waals surface area (Å²) in [5.74, 6) is -3.05. The van der Waals surface area contributed by atoms with Gasteiger partial charge in [-0.15, -0.1) is 0 Å². The molecule has 24 heteroatoms. The third kappa shape index (κ3) is 18.0.